The molecule has 28 heavy (non-hydrogen) atoms. The SMILES string of the molecule is Cc1ccc(S(=O)(=O)N2CC[NH+](Cn3nnc(-c4ccccc4)n3)CC2)cc1. The standard InChI is InChI=1S/C19H22N6O2S/c1-16-7-9-18(10-8-16)28(26,27)24-13-11-23(12-14-24)15-25-21-19(20-22-25)17-5-3-2-4-6-17/h2-10H,11-15H2,1H3/p+1. The minimum Gasteiger partial charge on any atom is -0.313 e. The van der Waals surface area contributed by atoms with E-state index in [9.17, 15) is 8.42 Å². The molecule has 1 aliphatic heterocycles. The van der Waals surface area contributed by atoms with Crippen LogP contribution in [0.25, 0.3) is 11.4 Å². The first-order valence-electron chi connectivity index (χ1n) is 9.26. The lowest BCUT2D eigenvalue weighted by atomic mass is 10.2. The molecule has 2 heterocycles. The molecule has 9 heteroatoms. The highest BCUT2D eigenvalue weighted by Gasteiger charge is 2.30. The highest BCUT2D eigenvalue weighted by Crippen LogP contribution is 2.16. The van der Waals surface area contributed by atoms with Gasteiger partial charge >= 0.3 is 0 Å². The summed E-state index contributed by atoms with van der Waals surface area (Å²) in [4.78, 5) is 3.17. The molecule has 3 aromatic rings. The summed E-state index contributed by atoms with van der Waals surface area (Å²) in [5, 5.41) is 12.7. The van der Waals surface area contributed by atoms with Gasteiger partial charge in [-0.25, -0.2) is 8.42 Å². The average Bonchev–Trinajstić information content (AvgIpc) is 3.18. The maximum absolute atomic E-state index is 12.8. The number of nitrogens with one attached hydrogen (secondary N) is 1. The van der Waals surface area contributed by atoms with Gasteiger partial charge in [0, 0.05) is 5.56 Å². The van der Waals surface area contributed by atoms with Gasteiger partial charge in [0.05, 0.1) is 31.1 Å². The molecule has 1 N–H and O–H groups in total. The fraction of sp³-hybridized carbons (Fsp3) is 0.316. The fourth-order valence-corrected chi connectivity index (χ4v) is 4.71. The van der Waals surface area contributed by atoms with E-state index in [2.05, 4.69) is 15.4 Å². The van der Waals surface area contributed by atoms with E-state index >= 15 is 0 Å². The lowest BCUT2D eigenvalue weighted by molar-refractivity contribution is -0.927. The van der Waals surface area contributed by atoms with Crippen LogP contribution >= 0.6 is 0 Å². The Bertz CT molecular complexity index is 1030. The maximum atomic E-state index is 12.8. The van der Waals surface area contributed by atoms with E-state index in [1.807, 2.05) is 49.4 Å². The van der Waals surface area contributed by atoms with Crippen LogP contribution in [0.3, 0.4) is 0 Å². The number of sulfonamides is 1. The topological polar surface area (TPSA) is 85.4 Å². The summed E-state index contributed by atoms with van der Waals surface area (Å²) >= 11 is 0. The number of nitrogens with zero attached hydrogens (tertiary/aromatic N) is 5. The quantitative estimate of drug-likeness (QED) is 0.662. The summed E-state index contributed by atoms with van der Waals surface area (Å²) in [7, 11) is -3.44. The minimum absolute atomic E-state index is 0.354. The van der Waals surface area contributed by atoms with Crippen molar-refractivity contribution in [1.82, 2.24) is 24.5 Å². The molecule has 0 amide bonds. The Labute approximate surface area is 164 Å². The number of quaternary nitrogens is 1. The van der Waals surface area contributed by atoms with E-state index in [0.29, 0.717) is 43.6 Å². The number of hydrogen-bond donors (Lipinski definition) is 1. The molecule has 0 spiro atoms. The number of hydrogen-bond acceptors (Lipinski definition) is 5. The van der Waals surface area contributed by atoms with Gasteiger partial charge in [0.1, 0.15) is 0 Å². The van der Waals surface area contributed by atoms with Crippen LogP contribution in [0.5, 0.6) is 0 Å². The molecule has 0 unspecified atom stereocenters. The third-order valence-corrected chi connectivity index (χ3v) is 6.85. The molecular weight excluding hydrogens is 376 g/mol. The first-order chi connectivity index (χ1) is 13.5. The van der Waals surface area contributed by atoms with Gasteiger partial charge in [-0.1, -0.05) is 48.0 Å². The average molecular weight is 400 g/mol. The lowest BCUT2D eigenvalue weighted by Gasteiger charge is -2.30. The Morgan fingerprint density at radius 3 is 2.36 bits per heavy atom. The van der Waals surface area contributed by atoms with Gasteiger partial charge in [0.15, 0.2) is 6.67 Å². The molecule has 1 aromatic heterocycles. The highest BCUT2D eigenvalue weighted by molar-refractivity contribution is 7.89. The van der Waals surface area contributed by atoms with Gasteiger partial charge in [-0.05, 0) is 24.3 Å². The molecule has 1 aliphatic rings. The van der Waals surface area contributed by atoms with Crippen LogP contribution in [-0.4, -0.2) is 59.1 Å². The number of rotatable bonds is 5. The second kappa shape index (κ2) is 7.78. The molecule has 2 aromatic carbocycles. The Hall–Kier alpha value is -2.62. The summed E-state index contributed by atoms with van der Waals surface area (Å²) < 4.78 is 27.2. The molecular formula is C19H23N6O2S+. The van der Waals surface area contributed by atoms with Crippen LogP contribution in [0.1, 0.15) is 5.56 Å². The number of aryl methyl sites for hydroxylation is 1. The Kier molecular flexibility index (Phi) is 5.21. The van der Waals surface area contributed by atoms with Crippen LogP contribution in [0.15, 0.2) is 59.5 Å². The van der Waals surface area contributed by atoms with Crippen molar-refractivity contribution in [2.75, 3.05) is 26.2 Å². The van der Waals surface area contributed by atoms with Crippen molar-refractivity contribution < 1.29 is 13.3 Å². The van der Waals surface area contributed by atoms with Crippen molar-refractivity contribution in [1.29, 1.82) is 0 Å². The lowest BCUT2D eigenvalue weighted by Crippen LogP contribution is -3.14. The second-order valence-corrected chi connectivity index (χ2v) is 8.91. The predicted molar refractivity (Wildman–Crippen MR) is 104 cm³/mol. The summed E-state index contributed by atoms with van der Waals surface area (Å²) in [6.45, 7) is 4.87. The van der Waals surface area contributed by atoms with E-state index < -0.39 is 10.0 Å². The largest absolute Gasteiger partial charge is 0.313 e. The van der Waals surface area contributed by atoms with Gasteiger partial charge < -0.3 is 4.90 Å². The molecule has 0 radical (unpaired) electrons. The fourth-order valence-electron chi connectivity index (χ4n) is 3.27. The zero-order chi connectivity index (χ0) is 19.6. The van der Waals surface area contributed by atoms with Gasteiger partial charge in [-0.3, -0.25) is 0 Å². The highest BCUT2D eigenvalue weighted by atomic mass is 32.2. The van der Waals surface area contributed by atoms with Crippen LogP contribution in [0.4, 0.5) is 0 Å². The number of benzene rings is 2. The van der Waals surface area contributed by atoms with Crippen molar-refractivity contribution in [3.05, 3.63) is 60.2 Å². The summed E-state index contributed by atoms with van der Waals surface area (Å²) in [6, 6.07) is 16.7. The molecule has 146 valence electrons. The van der Waals surface area contributed by atoms with Crippen LogP contribution in [-0.2, 0) is 16.7 Å². The molecule has 1 saturated heterocycles. The van der Waals surface area contributed by atoms with E-state index in [0.717, 1.165) is 11.1 Å². The van der Waals surface area contributed by atoms with Crippen LogP contribution < -0.4 is 4.90 Å². The van der Waals surface area contributed by atoms with E-state index in [1.54, 1.807) is 21.2 Å². The summed E-state index contributed by atoms with van der Waals surface area (Å²) in [5.41, 5.74) is 1.97. The normalized spacial score (nSPS) is 16.3. The Morgan fingerprint density at radius 1 is 1.00 bits per heavy atom. The molecule has 0 saturated carbocycles. The number of piperazine rings is 1. The van der Waals surface area contributed by atoms with Gasteiger partial charge in [-0.2, -0.15) is 4.31 Å². The zero-order valence-electron chi connectivity index (χ0n) is 15.7. The zero-order valence-corrected chi connectivity index (χ0v) is 16.5. The molecule has 1 fully saturated rings. The molecule has 4 rings (SSSR count). The predicted octanol–water partition coefficient (Wildman–Crippen LogP) is 0.195. The van der Waals surface area contributed by atoms with E-state index in [1.165, 1.54) is 4.90 Å². The summed E-state index contributed by atoms with van der Waals surface area (Å²) in [6.07, 6.45) is 0. The minimum atomic E-state index is -3.44. The molecule has 8 nitrogen and oxygen atoms in total. The van der Waals surface area contributed by atoms with Crippen molar-refractivity contribution in [3.8, 4) is 11.4 Å². The van der Waals surface area contributed by atoms with E-state index in [4.69, 9.17) is 0 Å². The third-order valence-electron chi connectivity index (χ3n) is 4.94. The molecule has 0 bridgehead atoms. The second-order valence-electron chi connectivity index (χ2n) is 6.98. The van der Waals surface area contributed by atoms with Gasteiger partial charge in [-0.15, -0.1) is 15.0 Å². The third kappa shape index (κ3) is 3.96. The molecule has 0 aliphatic carbocycles. The maximum Gasteiger partial charge on any atom is 0.243 e. The molecule has 0 atom stereocenters. The van der Waals surface area contributed by atoms with Crippen molar-refractivity contribution in [3.63, 3.8) is 0 Å². The number of tetrazole rings is 1. The first kappa shape index (κ1) is 18.7. The van der Waals surface area contributed by atoms with Crippen molar-refractivity contribution in [2.45, 2.75) is 18.5 Å². The van der Waals surface area contributed by atoms with Gasteiger partial charge in [0.2, 0.25) is 15.8 Å². The smallest absolute Gasteiger partial charge is 0.243 e. The van der Waals surface area contributed by atoms with Crippen molar-refractivity contribution in [2.24, 2.45) is 0 Å². The number of aromatic nitrogens is 4. The van der Waals surface area contributed by atoms with Crippen LogP contribution in [0, 0.1) is 6.92 Å². The van der Waals surface area contributed by atoms with Crippen LogP contribution in [0.2, 0.25) is 0 Å². The summed E-state index contributed by atoms with van der Waals surface area (Å²) in [5.74, 6) is 0.598. The first-order valence-corrected chi connectivity index (χ1v) is 10.7. The van der Waals surface area contributed by atoms with Gasteiger partial charge in [0.25, 0.3) is 0 Å². The monoisotopic (exact) mass is 399 g/mol. The van der Waals surface area contributed by atoms with E-state index in [-0.39, 0.29) is 0 Å². The Balaban J connectivity index is 1.37. The van der Waals surface area contributed by atoms with Crippen molar-refractivity contribution >= 4 is 10.0 Å². The Morgan fingerprint density at radius 2 is 1.68 bits per heavy atom.